The molecule has 0 saturated heterocycles. The molecule has 184 valence electrons. The Balaban J connectivity index is 1.31. The zero-order chi connectivity index (χ0) is 25.8. The molecule has 0 aliphatic heterocycles. The molecule has 0 radical (unpaired) electrons. The number of nitrogens with zero attached hydrogens (tertiary/aromatic N) is 1. The topological polar surface area (TPSA) is 29.5 Å². The van der Waals surface area contributed by atoms with E-state index in [1.54, 1.807) is 0 Å². The summed E-state index contributed by atoms with van der Waals surface area (Å²) in [6, 6.07) is 48.3. The SMILES string of the molecule is c1ccc(N(c2ccccc2)c2ccc(-c3cccc4oc5ccc6c7ccccc7oc6c5c34)cc2)cc1. The molecule has 0 aliphatic rings. The molecule has 0 N–H and O–H groups in total. The fourth-order valence-corrected chi connectivity index (χ4v) is 5.72. The number of para-hydroxylation sites is 3. The Bertz CT molecular complexity index is 2060. The molecule has 8 rings (SSSR count). The van der Waals surface area contributed by atoms with E-state index in [2.05, 4.69) is 114 Å². The van der Waals surface area contributed by atoms with Gasteiger partial charge in [-0.2, -0.15) is 0 Å². The molecule has 2 heterocycles. The fraction of sp³-hybridized carbons (Fsp3) is 0. The number of benzene rings is 6. The molecule has 6 aromatic carbocycles. The van der Waals surface area contributed by atoms with Crippen molar-refractivity contribution in [3.8, 4) is 11.1 Å². The van der Waals surface area contributed by atoms with Gasteiger partial charge in [-0.3, -0.25) is 0 Å². The Morgan fingerprint density at radius 1 is 0.385 bits per heavy atom. The normalized spacial score (nSPS) is 11.6. The quantitative estimate of drug-likeness (QED) is 0.240. The highest BCUT2D eigenvalue weighted by atomic mass is 16.3. The third kappa shape index (κ3) is 3.44. The van der Waals surface area contributed by atoms with Crippen molar-refractivity contribution in [3.63, 3.8) is 0 Å². The van der Waals surface area contributed by atoms with Crippen molar-refractivity contribution in [2.24, 2.45) is 0 Å². The summed E-state index contributed by atoms with van der Waals surface area (Å²) in [6.45, 7) is 0. The molecule has 0 unspecified atom stereocenters. The van der Waals surface area contributed by atoms with Gasteiger partial charge in [0.15, 0.2) is 0 Å². The Hall–Kier alpha value is -5.28. The van der Waals surface area contributed by atoms with Gasteiger partial charge in [0.1, 0.15) is 22.3 Å². The third-order valence-electron chi connectivity index (χ3n) is 7.47. The summed E-state index contributed by atoms with van der Waals surface area (Å²) in [7, 11) is 0. The van der Waals surface area contributed by atoms with Crippen molar-refractivity contribution in [1.29, 1.82) is 0 Å². The number of hydrogen-bond acceptors (Lipinski definition) is 3. The lowest BCUT2D eigenvalue weighted by molar-refractivity contribution is 0.663. The van der Waals surface area contributed by atoms with E-state index in [1.807, 2.05) is 30.3 Å². The molecule has 0 amide bonds. The van der Waals surface area contributed by atoms with Crippen LogP contribution < -0.4 is 4.90 Å². The van der Waals surface area contributed by atoms with Crippen molar-refractivity contribution in [1.82, 2.24) is 0 Å². The van der Waals surface area contributed by atoms with E-state index < -0.39 is 0 Å². The second-order valence-corrected chi connectivity index (χ2v) is 9.75. The Morgan fingerprint density at radius 3 is 1.74 bits per heavy atom. The highest BCUT2D eigenvalue weighted by Gasteiger charge is 2.19. The van der Waals surface area contributed by atoms with Crippen molar-refractivity contribution in [2.45, 2.75) is 0 Å². The first-order valence-electron chi connectivity index (χ1n) is 13.1. The largest absolute Gasteiger partial charge is 0.456 e. The van der Waals surface area contributed by atoms with Crippen LogP contribution in [0.5, 0.6) is 0 Å². The zero-order valence-corrected chi connectivity index (χ0v) is 21.0. The summed E-state index contributed by atoms with van der Waals surface area (Å²) in [6.07, 6.45) is 0. The lowest BCUT2D eigenvalue weighted by atomic mass is 9.98. The van der Waals surface area contributed by atoms with Gasteiger partial charge in [0.25, 0.3) is 0 Å². The molecule has 0 fully saturated rings. The van der Waals surface area contributed by atoms with Gasteiger partial charge in [0.2, 0.25) is 0 Å². The Labute approximate surface area is 225 Å². The lowest BCUT2D eigenvalue weighted by Gasteiger charge is -2.25. The smallest absolute Gasteiger partial charge is 0.147 e. The first-order chi connectivity index (χ1) is 19.3. The first-order valence-corrected chi connectivity index (χ1v) is 13.1. The van der Waals surface area contributed by atoms with Crippen LogP contribution in [-0.2, 0) is 0 Å². The summed E-state index contributed by atoms with van der Waals surface area (Å²) < 4.78 is 12.7. The van der Waals surface area contributed by atoms with Gasteiger partial charge in [-0.25, -0.2) is 0 Å². The molecule has 3 nitrogen and oxygen atoms in total. The number of fused-ring (bicyclic) bond motifs is 7. The van der Waals surface area contributed by atoms with E-state index in [-0.39, 0.29) is 0 Å². The minimum Gasteiger partial charge on any atom is -0.456 e. The standard InChI is InChI=1S/C36H23NO2/c1-3-10-25(11-4-1)37(26-12-5-2-6-13-26)27-20-18-24(19-21-27)28-15-9-17-32-34(28)35-33(38-32)23-22-30-29-14-7-8-16-31(29)39-36(30)35/h1-23H. The zero-order valence-electron chi connectivity index (χ0n) is 21.0. The van der Waals surface area contributed by atoms with E-state index in [4.69, 9.17) is 8.83 Å². The van der Waals surface area contributed by atoms with Crippen molar-refractivity contribution in [3.05, 3.63) is 140 Å². The van der Waals surface area contributed by atoms with E-state index in [0.29, 0.717) is 0 Å². The molecule has 0 spiro atoms. The summed E-state index contributed by atoms with van der Waals surface area (Å²) in [4.78, 5) is 2.27. The maximum absolute atomic E-state index is 6.40. The van der Waals surface area contributed by atoms with Gasteiger partial charge < -0.3 is 13.7 Å². The summed E-state index contributed by atoms with van der Waals surface area (Å²) >= 11 is 0. The number of rotatable bonds is 4. The van der Waals surface area contributed by atoms with Gasteiger partial charge >= 0.3 is 0 Å². The summed E-state index contributed by atoms with van der Waals surface area (Å²) in [5.74, 6) is 0. The van der Waals surface area contributed by atoms with Crippen LogP contribution in [0.1, 0.15) is 0 Å². The van der Waals surface area contributed by atoms with Crippen LogP contribution in [0.3, 0.4) is 0 Å². The number of furan rings is 2. The van der Waals surface area contributed by atoms with Gasteiger partial charge in [-0.05, 0) is 71.8 Å². The van der Waals surface area contributed by atoms with E-state index >= 15 is 0 Å². The minimum absolute atomic E-state index is 0.833. The molecule has 0 saturated carbocycles. The maximum atomic E-state index is 6.40. The van der Waals surface area contributed by atoms with Crippen LogP contribution >= 0.6 is 0 Å². The predicted molar refractivity (Wildman–Crippen MR) is 161 cm³/mol. The maximum Gasteiger partial charge on any atom is 0.147 e. The number of hydrogen-bond donors (Lipinski definition) is 0. The Kier molecular flexibility index (Phi) is 4.82. The van der Waals surface area contributed by atoms with Crippen LogP contribution in [0.25, 0.3) is 55.0 Å². The van der Waals surface area contributed by atoms with Gasteiger partial charge in [0, 0.05) is 33.2 Å². The van der Waals surface area contributed by atoms with Crippen LogP contribution in [0, 0.1) is 0 Å². The minimum atomic E-state index is 0.833. The lowest BCUT2D eigenvalue weighted by Crippen LogP contribution is -2.09. The molecule has 0 atom stereocenters. The van der Waals surface area contributed by atoms with Crippen LogP contribution in [0.2, 0.25) is 0 Å². The highest BCUT2D eigenvalue weighted by Crippen LogP contribution is 2.43. The first kappa shape index (κ1) is 21.8. The van der Waals surface area contributed by atoms with Crippen LogP contribution in [0.15, 0.2) is 148 Å². The highest BCUT2D eigenvalue weighted by molar-refractivity contribution is 6.24. The fourth-order valence-electron chi connectivity index (χ4n) is 5.72. The molecule has 0 aliphatic carbocycles. The van der Waals surface area contributed by atoms with Crippen LogP contribution in [0.4, 0.5) is 17.1 Å². The monoisotopic (exact) mass is 501 g/mol. The van der Waals surface area contributed by atoms with Crippen molar-refractivity contribution >= 4 is 60.9 Å². The average Bonchev–Trinajstić information content (AvgIpc) is 3.57. The average molecular weight is 502 g/mol. The van der Waals surface area contributed by atoms with Gasteiger partial charge in [-0.15, -0.1) is 0 Å². The van der Waals surface area contributed by atoms with E-state index in [0.717, 1.165) is 72.1 Å². The van der Waals surface area contributed by atoms with Crippen molar-refractivity contribution in [2.75, 3.05) is 4.90 Å². The molecular formula is C36H23NO2. The molecule has 0 bridgehead atoms. The predicted octanol–water partition coefficient (Wildman–Crippen LogP) is 10.6. The van der Waals surface area contributed by atoms with Crippen LogP contribution in [-0.4, -0.2) is 0 Å². The summed E-state index contributed by atoms with van der Waals surface area (Å²) in [5, 5.41) is 4.32. The number of anilines is 3. The third-order valence-corrected chi connectivity index (χ3v) is 7.47. The summed E-state index contributed by atoms with van der Waals surface area (Å²) in [5.41, 5.74) is 9.03. The molecule has 8 aromatic rings. The van der Waals surface area contributed by atoms with Gasteiger partial charge in [0.05, 0.1) is 5.39 Å². The molecule has 39 heavy (non-hydrogen) atoms. The van der Waals surface area contributed by atoms with E-state index in [9.17, 15) is 0 Å². The molecule has 2 aromatic heterocycles. The second kappa shape index (κ2) is 8.64. The van der Waals surface area contributed by atoms with E-state index in [1.165, 1.54) is 0 Å². The Morgan fingerprint density at radius 2 is 1.00 bits per heavy atom. The molecular weight excluding hydrogens is 478 g/mol. The van der Waals surface area contributed by atoms with Gasteiger partial charge in [-0.1, -0.05) is 78.9 Å². The van der Waals surface area contributed by atoms with Crippen molar-refractivity contribution < 1.29 is 8.83 Å². The molecule has 3 heteroatoms. The second-order valence-electron chi connectivity index (χ2n) is 9.75.